The summed E-state index contributed by atoms with van der Waals surface area (Å²) in [7, 11) is -3.18. The van der Waals surface area contributed by atoms with Crippen LogP contribution < -0.4 is 5.32 Å². The minimum atomic E-state index is -3.18. The smallest absolute Gasteiger partial charge is 0.179 e. The fourth-order valence-corrected chi connectivity index (χ4v) is 5.03. The molecule has 1 N–H and O–H groups in total. The molecule has 24 heavy (non-hydrogen) atoms. The molecule has 2 aromatic carbocycles. The van der Waals surface area contributed by atoms with E-state index in [0.717, 1.165) is 27.0 Å². The van der Waals surface area contributed by atoms with Gasteiger partial charge in [0, 0.05) is 16.0 Å². The van der Waals surface area contributed by atoms with Crippen LogP contribution in [0, 0.1) is 0 Å². The third-order valence-electron chi connectivity index (χ3n) is 4.16. The monoisotopic (exact) mass is 357 g/mol. The van der Waals surface area contributed by atoms with Crippen LogP contribution in [0.4, 0.5) is 11.5 Å². The molecule has 0 atom stereocenters. The maximum atomic E-state index is 12.2. The van der Waals surface area contributed by atoms with Crippen molar-refractivity contribution in [1.82, 2.24) is 9.97 Å². The number of anilines is 2. The lowest BCUT2D eigenvalue weighted by molar-refractivity contribution is 0.600. The molecule has 3 aromatic rings. The summed E-state index contributed by atoms with van der Waals surface area (Å²) in [5.74, 6) is 0.796. The van der Waals surface area contributed by atoms with Gasteiger partial charge in [-0.1, -0.05) is 6.07 Å². The van der Waals surface area contributed by atoms with Gasteiger partial charge in [0.2, 0.25) is 0 Å². The SMILES string of the molecule is CSc1cccc(Nc2ncnc3ccc4c(c23)CCS4(=O)=O)c1. The number of benzene rings is 2. The maximum absolute atomic E-state index is 12.2. The Balaban J connectivity index is 1.88. The summed E-state index contributed by atoms with van der Waals surface area (Å²) in [5, 5.41) is 4.12. The molecule has 0 aliphatic carbocycles. The number of hydrogen-bond acceptors (Lipinski definition) is 6. The van der Waals surface area contributed by atoms with E-state index in [2.05, 4.69) is 15.3 Å². The van der Waals surface area contributed by atoms with Crippen molar-refractivity contribution in [2.75, 3.05) is 17.3 Å². The van der Waals surface area contributed by atoms with Crippen molar-refractivity contribution in [3.63, 3.8) is 0 Å². The van der Waals surface area contributed by atoms with Crippen LogP contribution in [-0.4, -0.2) is 30.4 Å². The van der Waals surface area contributed by atoms with Gasteiger partial charge in [0.05, 0.1) is 16.2 Å². The van der Waals surface area contributed by atoms with Gasteiger partial charge in [-0.3, -0.25) is 0 Å². The molecule has 0 amide bonds. The molecular formula is C17H15N3O2S2. The van der Waals surface area contributed by atoms with Crippen molar-refractivity contribution in [2.45, 2.75) is 16.2 Å². The summed E-state index contributed by atoms with van der Waals surface area (Å²) in [6.07, 6.45) is 4.03. The quantitative estimate of drug-likeness (QED) is 0.724. The second-order valence-corrected chi connectivity index (χ2v) is 8.54. The van der Waals surface area contributed by atoms with Crippen molar-refractivity contribution >= 4 is 44.0 Å². The first-order valence-corrected chi connectivity index (χ1v) is 10.4. The third kappa shape index (κ3) is 2.53. The lowest BCUT2D eigenvalue weighted by Gasteiger charge is -2.11. The first-order valence-electron chi connectivity index (χ1n) is 7.49. The minimum Gasteiger partial charge on any atom is -0.340 e. The summed E-state index contributed by atoms with van der Waals surface area (Å²) in [5.41, 5.74) is 2.49. The van der Waals surface area contributed by atoms with Crippen LogP contribution in [-0.2, 0) is 16.3 Å². The Morgan fingerprint density at radius 1 is 1.17 bits per heavy atom. The predicted molar refractivity (Wildman–Crippen MR) is 96.8 cm³/mol. The van der Waals surface area contributed by atoms with E-state index >= 15 is 0 Å². The maximum Gasteiger partial charge on any atom is 0.179 e. The largest absolute Gasteiger partial charge is 0.340 e. The highest BCUT2D eigenvalue weighted by Gasteiger charge is 2.29. The number of nitrogens with one attached hydrogen (secondary N) is 1. The highest BCUT2D eigenvalue weighted by Crippen LogP contribution is 2.35. The van der Waals surface area contributed by atoms with Crippen LogP contribution >= 0.6 is 11.8 Å². The highest BCUT2D eigenvalue weighted by atomic mass is 32.2. The Bertz CT molecular complexity index is 1050. The highest BCUT2D eigenvalue weighted by molar-refractivity contribution is 7.98. The van der Waals surface area contributed by atoms with Crippen molar-refractivity contribution in [1.29, 1.82) is 0 Å². The van der Waals surface area contributed by atoms with Crippen molar-refractivity contribution < 1.29 is 8.42 Å². The molecule has 1 aromatic heterocycles. The summed E-state index contributed by atoms with van der Waals surface area (Å²) < 4.78 is 24.4. The van der Waals surface area contributed by atoms with Gasteiger partial charge in [-0.25, -0.2) is 18.4 Å². The van der Waals surface area contributed by atoms with Gasteiger partial charge in [-0.05, 0) is 48.6 Å². The molecule has 4 rings (SSSR count). The van der Waals surface area contributed by atoms with E-state index in [1.54, 1.807) is 23.9 Å². The Labute approximate surface area is 144 Å². The van der Waals surface area contributed by atoms with Crippen LogP contribution in [0.2, 0.25) is 0 Å². The molecule has 0 bridgehead atoms. The molecule has 2 heterocycles. The Morgan fingerprint density at radius 3 is 2.88 bits per heavy atom. The standard InChI is InChI=1S/C17H15N3O2S2/c1-23-12-4-2-3-11(9-12)20-17-16-13-7-8-24(21,22)15(13)6-5-14(16)18-10-19-17/h2-6,9-10H,7-8H2,1H3,(H,18,19,20). The van der Waals surface area contributed by atoms with Crippen molar-refractivity contribution in [3.8, 4) is 0 Å². The Morgan fingerprint density at radius 2 is 2.04 bits per heavy atom. The molecule has 0 fully saturated rings. The van der Waals surface area contributed by atoms with Gasteiger partial charge in [0.1, 0.15) is 12.1 Å². The lowest BCUT2D eigenvalue weighted by Crippen LogP contribution is -2.00. The van der Waals surface area contributed by atoms with E-state index < -0.39 is 9.84 Å². The van der Waals surface area contributed by atoms with E-state index in [9.17, 15) is 8.42 Å². The zero-order valence-corrected chi connectivity index (χ0v) is 14.6. The van der Waals surface area contributed by atoms with E-state index in [4.69, 9.17) is 0 Å². The van der Waals surface area contributed by atoms with E-state index in [1.165, 1.54) is 6.33 Å². The van der Waals surface area contributed by atoms with Gasteiger partial charge in [0.25, 0.3) is 0 Å². The summed E-state index contributed by atoms with van der Waals surface area (Å²) >= 11 is 1.66. The van der Waals surface area contributed by atoms with Gasteiger partial charge < -0.3 is 5.32 Å². The summed E-state index contributed by atoms with van der Waals surface area (Å²) in [4.78, 5) is 10.2. The van der Waals surface area contributed by atoms with Crippen molar-refractivity contribution in [2.24, 2.45) is 0 Å². The fourth-order valence-electron chi connectivity index (χ4n) is 3.02. The van der Waals surface area contributed by atoms with Gasteiger partial charge in [0.15, 0.2) is 9.84 Å². The first-order chi connectivity index (χ1) is 11.6. The molecule has 1 aliphatic rings. The zero-order valence-electron chi connectivity index (χ0n) is 13.0. The fraction of sp³-hybridized carbons (Fsp3) is 0.176. The molecule has 0 saturated carbocycles. The summed E-state index contributed by atoms with van der Waals surface area (Å²) in [6, 6.07) is 11.4. The molecule has 0 unspecified atom stereocenters. The van der Waals surface area contributed by atoms with Gasteiger partial charge >= 0.3 is 0 Å². The van der Waals surface area contributed by atoms with Crippen LogP contribution in [0.15, 0.2) is 52.5 Å². The zero-order chi connectivity index (χ0) is 16.7. The second kappa shape index (κ2) is 5.75. The number of rotatable bonds is 3. The average molecular weight is 357 g/mol. The molecule has 0 radical (unpaired) electrons. The van der Waals surface area contributed by atoms with E-state index in [0.29, 0.717) is 17.1 Å². The molecule has 1 aliphatic heterocycles. The van der Waals surface area contributed by atoms with Crippen LogP contribution in [0.1, 0.15) is 5.56 Å². The second-order valence-electron chi connectivity index (χ2n) is 5.58. The molecular weight excluding hydrogens is 342 g/mol. The topological polar surface area (TPSA) is 72.0 Å². The van der Waals surface area contributed by atoms with Gasteiger partial charge in [-0.15, -0.1) is 11.8 Å². The van der Waals surface area contributed by atoms with Crippen LogP contribution in [0.5, 0.6) is 0 Å². The minimum absolute atomic E-state index is 0.151. The lowest BCUT2D eigenvalue weighted by atomic mass is 10.1. The van der Waals surface area contributed by atoms with Crippen LogP contribution in [0.25, 0.3) is 10.9 Å². The van der Waals surface area contributed by atoms with E-state index in [1.807, 2.05) is 30.5 Å². The number of hydrogen-bond donors (Lipinski definition) is 1. The average Bonchev–Trinajstić information content (AvgIpc) is 2.90. The molecule has 7 heteroatoms. The number of aromatic nitrogens is 2. The van der Waals surface area contributed by atoms with Gasteiger partial charge in [-0.2, -0.15) is 0 Å². The summed E-state index contributed by atoms with van der Waals surface area (Å²) in [6.45, 7) is 0. The molecule has 0 saturated heterocycles. The third-order valence-corrected chi connectivity index (χ3v) is 6.68. The number of fused-ring (bicyclic) bond motifs is 3. The van der Waals surface area contributed by atoms with Crippen molar-refractivity contribution in [3.05, 3.63) is 48.3 Å². The molecule has 5 nitrogen and oxygen atoms in total. The Kier molecular flexibility index (Phi) is 3.69. The normalized spacial score (nSPS) is 15.4. The van der Waals surface area contributed by atoms with E-state index in [-0.39, 0.29) is 5.75 Å². The molecule has 122 valence electrons. The van der Waals surface area contributed by atoms with Crippen LogP contribution in [0.3, 0.4) is 0 Å². The predicted octanol–water partition coefficient (Wildman–Crippen LogP) is 3.43. The Hall–Kier alpha value is -2.12. The number of aryl methyl sites for hydroxylation is 1. The number of nitrogens with zero attached hydrogens (tertiary/aromatic N) is 2. The number of thioether (sulfide) groups is 1. The number of sulfone groups is 1. The molecule has 0 spiro atoms. The first kappa shape index (κ1) is 15.4.